The average Bonchev–Trinajstić information content (AvgIpc) is 3.48. The summed E-state index contributed by atoms with van der Waals surface area (Å²) in [4.78, 5) is 44.4. The van der Waals surface area contributed by atoms with E-state index in [1.807, 2.05) is 48.5 Å². The summed E-state index contributed by atoms with van der Waals surface area (Å²) in [6, 6.07) is 21.2. The Morgan fingerprint density at radius 3 is 2.46 bits per heavy atom. The lowest BCUT2D eigenvalue weighted by molar-refractivity contribution is -0.137. The van der Waals surface area contributed by atoms with Gasteiger partial charge in [0.2, 0.25) is 5.78 Å². The molecule has 3 N–H and O–H groups in total. The Labute approximate surface area is 243 Å². The minimum absolute atomic E-state index is 0. The second-order valence-electron chi connectivity index (χ2n) is 9.55. The molecule has 212 valence electrons. The summed E-state index contributed by atoms with van der Waals surface area (Å²) < 4.78 is 6.97. The first-order valence-electron chi connectivity index (χ1n) is 13.1. The highest BCUT2D eigenvalue weighted by molar-refractivity contribution is 6.38. The lowest BCUT2D eigenvalue weighted by atomic mass is 10.0. The molecule has 2 aromatic carbocycles. The number of primary amides is 1. The van der Waals surface area contributed by atoms with Crippen molar-refractivity contribution < 1.29 is 19.1 Å². The number of pyridine rings is 1. The zero-order valence-electron chi connectivity index (χ0n) is 22.3. The summed E-state index contributed by atoms with van der Waals surface area (Å²) in [5.41, 5.74) is 9.10. The second kappa shape index (κ2) is 13.8. The highest BCUT2D eigenvalue weighted by atomic mass is 35.5. The molecule has 2 aromatic heterocycles. The zero-order valence-corrected chi connectivity index (χ0v) is 23.1. The third kappa shape index (κ3) is 7.43. The number of nitrogens with two attached hydrogens (primary N) is 1. The van der Waals surface area contributed by atoms with Crippen molar-refractivity contribution in [2.24, 2.45) is 5.73 Å². The van der Waals surface area contributed by atoms with Gasteiger partial charge >= 0.3 is 0 Å². The molecule has 0 radical (unpaired) electrons. The molecule has 1 unspecified atom stereocenters. The van der Waals surface area contributed by atoms with Crippen molar-refractivity contribution in [3.63, 3.8) is 0 Å². The number of ether oxygens (including phenoxy) is 1. The number of amides is 2. The van der Waals surface area contributed by atoms with Crippen molar-refractivity contribution in [2.75, 3.05) is 26.3 Å². The summed E-state index contributed by atoms with van der Waals surface area (Å²) in [6.07, 6.45) is 3.42. The van der Waals surface area contributed by atoms with Crippen LogP contribution in [-0.2, 0) is 27.3 Å². The first-order chi connectivity index (χ1) is 19.5. The molecule has 1 atom stereocenters. The fourth-order valence-electron chi connectivity index (χ4n) is 4.67. The van der Waals surface area contributed by atoms with Crippen molar-refractivity contribution in [3.8, 4) is 17.1 Å². The Balaban J connectivity index is 0.00000387. The minimum Gasteiger partial charge on any atom is -0.379 e. The Bertz CT molecular complexity index is 1500. The van der Waals surface area contributed by atoms with Gasteiger partial charge in [0.05, 0.1) is 24.5 Å². The van der Waals surface area contributed by atoms with Crippen LogP contribution < -0.4 is 11.1 Å². The Kier molecular flexibility index (Phi) is 9.96. The van der Waals surface area contributed by atoms with Crippen LogP contribution in [0.5, 0.6) is 0 Å². The van der Waals surface area contributed by atoms with Gasteiger partial charge in [-0.3, -0.25) is 19.3 Å². The number of hydrogen-bond donors (Lipinski definition) is 2. The van der Waals surface area contributed by atoms with Crippen molar-refractivity contribution in [1.29, 1.82) is 0 Å². The first-order valence-corrected chi connectivity index (χ1v) is 13.1. The van der Waals surface area contributed by atoms with Gasteiger partial charge in [0.1, 0.15) is 6.04 Å². The van der Waals surface area contributed by atoms with E-state index < -0.39 is 23.6 Å². The van der Waals surface area contributed by atoms with E-state index in [2.05, 4.69) is 27.3 Å². The van der Waals surface area contributed by atoms with Crippen molar-refractivity contribution in [3.05, 3.63) is 102 Å². The number of hydrogen-bond acceptors (Lipinski definition) is 7. The van der Waals surface area contributed by atoms with E-state index in [0.717, 1.165) is 49.7 Å². The third-order valence-electron chi connectivity index (χ3n) is 6.72. The van der Waals surface area contributed by atoms with Crippen molar-refractivity contribution in [1.82, 2.24) is 25.0 Å². The normalized spacial score (nSPS) is 14.0. The standard InChI is InChI=1S/C30H30N6O4.ClH/c31-28(38)27(37)26(19-21-6-2-1-3-7-21)33-30(39)24-10-5-12-32-29(24)36-13-11-25(34-36)23-9-4-8-22(18-23)20-35-14-16-40-17-15-35;/h1-13,18,26H,14-17,19-20H2,(H2,31,38)(H,33,39);1H. The molecule has 11 heteroatoms. The Morgan fingerprint density at radius 2 is 1.71 bits per heavy atom. The maximum atomic E-state index is 13.4. The third-order valence-corrected chi connectivity index (χ3v) is 6.72. The van der Waals surface area contributed by atoms with Gasteiger partial charge in [-0.15, -0.1) is 12.4 Å². The molecule has 3 heterocycles. The molecule has 1 aliphatic heterocycles. The summed E-state index contributed by atoms with van der Waals surface area (Å²) in [6.45, 7) is 4.12. The topological polar surface area (TPSA) is 132 Å². The molecule has 0 saturated carbocycles. The molecule has 5 rings (SSSR count). The van der Waals surface area contributed by atoms with Crippen LogP contribution in [0.15, 0.2) is 85.2 Å². The fourth-order valence-corrected chi connectivity index (χ4v) is 4.67. The minimum atomic E-state index is -1.12. The second-order valence-corrected chi connectivity index (χ2v) is 9.55. The number of Topliss-reactive ketones (excluding diaryl/α,β-unsaturated/α-hetero) is 1. The van der Waals surface area contributed by atoms with E-state index in [-0.39, 0.29) is 24.4 Å². The number of ketones is 1. The molecule has 0 aliphatic carbocycles. The highest BCUT2D eigenvalue weighted by Crippen LogP contribution is 2.22. The molecule has 1 saturated heterocycles. The number of morpholine rings is 1. The quantitative estimate of drug-likeness (QED) is 0.278. The zero-order chi connectivity index (χ0) is 27.9. The lowest BCUT2D eigenvalue weighted by Crippen LogP contribution is -2.47. The number of carbonyl (C=O) groups excluding carboxylic acids is 3. The number of carbonyl (C=O) groups is 3. The van der Waals surface area contributed by atoms with Crippen LogP contribution in [0.2, 0.25) is 0 Å². The molecule has 1 aliphatic rings. The fraction of sp³-hybridized carbons (Fsp3) is 0.233. The Hall–Kier alpha value is -4.38. The molecule has 10 nitrogen and oxygen atoms in total. The van der Waals surface area contributed by atoms with Gasteiger partial charge in [-0.2, -0.15) is 5.10 Å². The SMILES string of the molecule is Cl.NC(=O)C(=O)C(Cc1ccccc1)NC(=O)c1cccnc1-n1ccc(-c2cccc(CN3CCOCC3)c2)n1. The van der Waals surface area contributed by atoms with Crippen LogP contribution >= 0.6 is 12.4 Å². The molecular formula is C30H31ClN6O4. The van der Waals surface area contributed by atoms with Gasteiger partial charge in [0, 0.05) is 44.0 Å². The van der Waals surface area contributed by atoms with Crippen molar-refractivity contribution >= 4 is 30.0 Å². The molecule has 0 spiro atoms. The summed E-state index contributed by atoms with van der Waals surface area (Å²) in [5, 5.41) is 7.37. The summed E-state index contributed by atoms with van der Waals surface area (Å²) >= 11 is 0. The number of benzene rings is 2. The maximum absolute atomic E-state index is 13.4. The van der Waals surface area contributed by atoms with Gasteiger partial charge in [-0.05, 0) is 35.4 Å². The van der Waals surface area contributed by atoms with Crippen LogP contribution in [0, 0.1) is 0 Å². The van der Waals surface area contributed by atoms with Gasteiger partial charge < -0.3 is 15.8 Å². The summed E-state index contributed by atoms with van der Waals surface area (Å²) in [5.74, 6) is -2.26. The van der Waals surface area contributed by atoms with Crippen LogP contribution in [0.3, 0.4) is 0 Å². The molecule has 4 aromatic rings. The monoisotopic (exact) mass is 574 g/mol. The Morgan fingerprint density at radius 1 is 0.951 bits per heavy atom. The van der Waals surface area contributed by atoms with E-state index in [1.165, 1.54) is 10.2 Å². The van der Waals surface area contributed by atoms with Gasteiger partial charge in [0.15, 0.2) is 5.82 Å². The van der Waals surface area contributed by atoms with E-state index in [1.54, 1.807) is 24.5 Å². The van der Waals surface area contributed by atoms with Crippen LogP contribution in [0.1, 0.15) is 21.5 Å². The van der Waals surface area contributed by atoms with Gasteiger partial charge in [-0.1, -0.05) is 48.5 Å². The van der Waals surface area contributed by atoms with E-state index >= 15 is 0 Å². The molecule has 1 fully saturated rings. The number of halogens is 1. The molecule has 0 bridgehead atoms. The molecule has 2 amide bonds. The smallest absolute Gasteiger partial charge is 0.287 e. The van der Waals surface area contributed by atoms with Crippen molar-refractivity contribution in [2.45, 2.75) is 19.0 Å². The van der Waals surface area contributed by atoms with E-state index in [4.69, 9.17) is 15.6 Å². The highest BCUT2D eigenvalue weighted by Gasteiger charge is 2.27. The van der Waals surface area contributed by atoms with Gasteiger partial charge in [-0.25, -0.2) is 9.67 Å². The van der Waals surface area contributed by atoms with Crippen LogP contribution in [0.25, 0.3) is 17.1 Å². The van der Waals surface area contributed by atoms with E-state index in [0.29, 0.717) is 5.82 Å². The first kappa shape index (κ1) is 29.6. The molecular weight excluding hydrogens is 544 g/mol. The number of rotatable bonds is 10. The van der Waals surface area contributed by atoms with Gasteiger partial charge in [0.25, 0.3) is 11.8 Å². The molecule has 41 heavy (non-hydrogen) atoms. The number of nitrogens with zero attached hydrogens (tertiary/aromatic N) is 4. The predicted octanol–water partition coefficient (Wildman–Crippen LogP) is 2.58. The maximum Gasteiger partial charge on any atom is 0.287 e. The van der Waals surface area contributed by atoms with E-state index in [9.17, 15) is 14.4 Å². The largest absolute Gasteiger partial charge is 0.379 e. The van der Waals surface area contributed by atoms with Crippen LogP contribution in [-0.4, -0.2) is 69.6 Å². The number of aromatic nitrogens is 3. The predicted molar refractivity (Wildman–Crippen MR) is 156 cm³/mol. The summed E-state index contributed by atoms with van der Waals surface area (Å²) in [7, 11) is 0. The number of nitrogens with one attached hydrogen (secondary N) is 1. The average molecular weight is 575 g/mol. The lowest BCUT2D eigenvalue weighted by Gasteiger charge is -2.26. The van der Waals surface area contributed by atoms with Crippen LogP contribution in [0.4, 0.5) is 0 Å².